The molecular weight excluding hydrogens is 442 g/mol. The van der Waals surface area contributed by atoms with E-state index in [2.05, 4.69) is 0 Å². The van der Waals surface area contributed by atoms with Crippen molar-refractivity contribution in [3.05, 3.63) is 61.3 Å². The first kappa shape index (κ1) is 23.8. The minimum Gasteiger partial charge on any atom is -0.477 e. The normalized spacial score (nSPS) is 18.6. The van der Waals surface area contributed by atoms with E-state index in [0.29, 0.717) is 48.1 Å². The summed E-state index contributed by atoms with van der Waals surface area (Å²) in [4.78, 5) is 31.2. The Bertz CT molecular complexity index is 1110. The van der Waals surface area contributed by atoms with Gasteiger partial charge in [0.1, 0.15) is 11.9 Å². The van der Waals surface area contributed by atoms with Gasteiger partial charge >= 0.3 is 5.69 Å². The van der Waals surface area contributed by atoms with Crippen LogP contribution in [0.3, 0.4) is 0 Å². The van der Waals surface area contributed by atoms with Gasteiger partial charge in [0.25, 0.3) is 5.56 Å². The van der Waals surface area contributed by atoms with Crippen molar-refractivity contribution in [3.8, 4) is 0 Å². The standard InChI is InChI=1S/C25H32ClN3O4/c1-2-28-22-21(24(31)29(25(28)32)14-5-15-30)13-10-18(16-17-8-11-19(26)12-9-17)23(27-22)33-20-6-3-4-7-20/h8-9,11-12,18,20,30H,2-7,10,13-16H2,1H3. The summed E-state index contributed by atoms with van der Waals surface area (Å²) in [6, 6.07) is 7.78. The monoisotopic (exact) mass is 473 g/mol. The summed E-state index contributed by atoms with van der Waals surface area (Å²) in [5.41, 5.74) is 1.01. The van der Waals surface area contributed by atoms with Crippen molar-refractivity contribution in [2.45, 2.75) is 77.5 Å². The number of rotatable bonds is 7. The summed E-state index contributed by atoms with van der Waals surface area (Å²) in [6.07, 6.45) is 6.74. The minimum atomic E-state index is -0.380. The van der Waals surface area contributed by atoms with E-state index in [1.165, 1.54) is 4.57 Å². The number of aliphatic hydroxyl groups excluding tert-OH is 1. The van der Waals surface area contributed by atoms with Crippen molar-refractivity contribution in [1.82, 2.24) is 9.13 Å². The largest absolute Gasteiger partial charge is 0.477 e. The molecule has 1 aliphatic carbocycles. The molecule has 8 heteroatoms. The zero-order valence-electron chi connectivity index (χ0n) is 19.1. The molecule has 1 atom stereocenters. The van der Waals surface area contributed by atoms with Gasteiger partial charge in [0, 0.05) is 30.6 Å². The van der Waals surface area contributed by atoms with E-state index >= 15 is 0 Å². The number of hydrogen-bond donors (Lipinski definition) is 1. The van der Waals surface area contributed by atoms with Crippen molar-refractivity contribution in [2.75, 3.05) is 6.61 Å². The lowest BCUT2D eigenvalue weighted by Crippen LogP contribution is -2.41. The van der Waals surface area contributed by atoms with Crippen LogP contribution in [-0.2, 0) is 30.7 Å². The van der Waals surface area contributed by atoms with Crippen LogP contribution in [0, 0.1) is 5.92 Å². The third kappa shape index (κ3) is 5.25. The maximum absolute atomic E-state index is 13.3. The van der Waals surface area contributed by atoms with Crippen LogP contribution in [0.1, 0.15) is 56.6 Å². The number of aliphatic imine (C=N–C) groups is 1. The predicted molar refractivity (Wildman–Crippen MR) is 130 cm³/mol. The summed E-state index contributed by atoms with van der Waals surface area (Å²) in [6.45, 7) is 2.41. The molecule has 1 N–H and O–H groups in total. The smallest absolute Gasteiger partial charge is 0.332 e. The van der Waals surface area contributed by atoms with E-state index in [4.69, 9.17) is 21.3 Å². The highest BCUT2D eigenvalue weighted by Crippen LogP contribution is 2.30. The number of ether oxygens (including phenoxy) is 1. The van der Waals surface area contributed by atoms with Crippen molar-refractivity contribution in [2.24, 2.45) is 10.9 Å². The SMILES string of the molecule is CCn1c2c(c(=O)n(CCCO)c1=O)CCC(Cc1ccc(Cl)cc1)C(OC1CCCC1)=N2. The number of aliphatic hydroxyl groups is 1. The fraction of sp³-hybridized carbons (Fsp3) is 0.560. The van der Waals surface area contributed by atoms with Crippen LogP contribution >= 0.6 is 11.6 Å². The maximum Gasteiger partial charge on any atom is 0.332 e. The molecule has 178 valence electrons. The summed E-state index contributed by atoms with van der Waals surface area (Å²) in [5.74, 6) is 1.06. The molecule has 1 unspecified atom stereocenters. The first-order chi connectivity index (χ1) is 16.0. The molecule has 1 fully saturated rings. The average molecular weight is 474 g/mol. The topological polar surface area (TPSA) is 85.8 Å². The van der Waals surface area contributed by atoms with Crippen LogP contribution in [-0.4, -0.2) is 32.8 Å². The fourth-order valence-corrected chi connectivity index (χ4v) is 4.96. The predicted octanol–water partition coefficient (Wildman–Crippen LogP) is 3.86. The highest BCUT2D eigenvalue weighted by Gasteiger charge is 2.30. The van der Waals surface area contributed by atoms with E-state index in [9.17, 15) is 14.7 Å². The Morgan fingerprint density at radius 3 is 2.52 bits per heavy atom. The quantitative estimate of drug-likeness (QED) is 0.661. The molecule has 0 amide bonds. The number of hydrogen-bond acceptors (Lipinski definition) is 5. The van der Waals surface area contributed by atoms with Crippen LogP contribution in [0.5, 0.6) is 0 Å². The second-order valence-electron chi connectivity index (χ2n) is 8.90. The van der Waals surface area contributed by atoms with Gasteiger partial charge < -0.3 is 9.84 Å². The van der Waals surface area contributed by atoms with E-state index < -0.39 is 0 Å². The molecule has 2 heterocycles. The van der Waals surface area contributed by atoms with Gasteiger partial charge in [0.15, 0.2) is 5.90 Å². The molecule has 4 rings (SSSR count). The second kappa shape index (κ2) is 10.7. The van der Waals surface area contributed by atoms with Gasteiger partial charge in [-0.3, -0.25) is 13.9 Å². The minimum absolute atomic E-state index is 0.00451. The Balaban J connectivity index is 1.77. The lowest BCUT2D eigenvalue weighted by atomic mass is 9.93. The molecule has 2 aromatic rings. The Labute approximate surface area is 198 Å². The number of fused-ring (bicyclic) bond motifs is 1. The number of aromatic nitrogens is 2. The molecule has 0 bridgehead atoms. The van der Waals surface area contributed by atoms with Gasteiger partial charge in [-0.1, -0.05) is 23.7 Å². The Morgan fingerprint density at radius 2 is 1.85 bits per heavy atom. The number of halogens is 1. The van der Waals surface area contributed by atoms with Crippen molar-refractivity contribution < 1.29 is 9.84 Å². The zero-order chi connectivity index (χ0) is 23.4. The van der Waals surface area contributed by atoms with Gasteiger partial charge in [-0.25, -0.2) is 4.79 Å². The lowest BCUT2D eigenvalue weighted by molar-refractivity contribution is 0.180. The maximum atomic E-state index is 13.3. The van der Waals surface area contributed by atoms with E-state index in [1.54, 1.807) is 4.57 Å². The first-order valence-corrected chi connectivity index (χ1v) is 12.4. The molecular formula is C25H32ClN3O4. The molecule has 1 aliphatic heterocycles. The van der Waals surface area contributed by atoms with E-state index in [0.717, 1.165) is 37.7 Å². The molecule has 0 saturated heterocycles. The highest BCUT2D eigenvalue weighted by atomic mass is 35.5. The van der Waals surface area contributed by atoms with Crippen LogP contribution < -0.4 is 11.2 Å². The Kier molecular flexibility index (Phi) is 7.71. The van der Waals surface area contributed by atoms with Crippen LogP contribution in [0.15, 0.2) is 38.8 Å². The van der Waals surface area contributed by atoms with Gasteiger partial charge in [-0.05, 0) is 76.0 Å². The molecule has 7 nitrogen and oxygen atoms in total. The molecule has 1 aromatic heterocycles. The molecule has 0 radical (unpaired) electrons. The molecule has 0 spiro atoms. The second-order valence-corrected chi connectivity index (χ2v) is 9.34. The Morgan fingerprint density at radius 1 is 1.12 bits per heavy atom. The van der Waals surface area contributed by atoms with Crippen molar-refractivity contribution in [3.63, 3.8) is 0 Å². The van der Waals surface area contributed by atoms with Crippen LogP contribution in [0.2, 0.25) is 5.02 Å². The molecule has 33 heavy (non-hydrogen) atoms. The van der Waals surface area contributed by atoms with E-state index in [1.807, 2.05) is 31.2 Å². The fourth-order valence-electron chi connectivity index (χ4n) is 4.83. The summed E-state index contributed by atoms with van der Waals surface area (Å²) < 4.78 is 9.25. The van der Waals surface area contributed by atoms with Gasteiger partial charge in [0.05, 0.1) is 5.56 Å². The van der Waals surface area contributed by atoms with Crippen LogP contribution in [0.25, 0.3) is 0 Å². The van der Waals surface area contributed by atoms with Crippen molar-refractivity contribution >= 4 is 23.3 Å². The molecule has 1 aromatic carbocycles. The van der Waals surface area contributed by atoms with Gasteiger partial charge in [0.2, 0.25) is 0 Å². The lowest BCUT2D eigenvalue weighted by Gasteiger charge is -2.22. The van der Waals surface area contributed by atoms with E-state index in [-0.39, 0.29) is 36.4 Å². The van der Waals surface area contributed by atoms with Crippen molar-refractivity contribution in [1.29, 1.82) is 0 Å². The Hall–Kier alpha value is -2.38. The van der Waals surface area contributed by atoms with Gasteiger partial charge in [-0.15, -0.1) is 0 Å². The number of benzene rings is 1. The summed E-state index contributed by atoms with van der Waals surface area (Å²) in [7, 11) is 0. The average Bonchev–Trinajstić information content (AvgIpc) is 3.25. The van der Waals surface area contributed by atoms with Crippen LogP contribution in [0.4, 0.5) is 5.82 Å². The summed E-state index contributed by atoms with van der Waals surface area (Å²) >= 11 is 6.07. The number of nitrogens with zero attached hydrogens (tertiary/aromatic N) is 3. The first-order valence-electron chi connectivity index (χ1n) is 12.0. The van der Waals surface area contributed by atoms with Gasteiger partial charge in [-0.2, -0.15) is 4.99 Å². The third-order valence-corrected chi connectivity index (χ3v) is 6.89. The molecule has 1 saturated carbocycles. The highest BCUT2D eigenvalue weighted by molar-refractivity contribution is 6.30. The third-order valence-electron chi connectivity index (χ3n) is 6.64. The zero-order valence-corrected chi connectivity index (χ0v) is 19.9. The molecule has 2 aliphatic rings. The summed E-state index contributed by atoms with van der Waals surface area (Å²) in [5, 5.41) is 9.90.